The zero-order valence-electron chi connectivity index (χ0n) is 8.35. The van der Waals surface area contributed by atoms with Gasteiger partial charge >= 0.3 is 6.18 Å². The van der Waals surface area contributed by atoms with Gasteiger partial charge in [0.05, 0.1) is 6.04 Å². The van der Waals surface area contributed by atoms with Crippen molar-refractivity contribution >= 4 is 12.4 Å². The molecule has 0 unspecified atom stereocenters. The smallest absolute Gasteiger partial charge is 0.416 e. The van der Waals surface area contributed by atoms with Gasteiger partial charge in [-0.25, -0.2) is 0 Å². The number of benzene rings is 1. The molecule has 2 atom stereocenters. The van der Waals surface area contributed by atoms with E-state index in [0.29, 0.717) is 0 Å². The molecule has 0 saturated heterocycles. The third-order valence-electron chi connectivity index (χ3n) is 2.05. The van der Waals surface area contributed by atoms with Crippen LogP contribution in [0.5, 0.6) is 11.5 Å². The molecule has 1 rings (SSSR count). The van der Waals surface area contributed by atoms with Gasteiger partial charge in [-0.3, -0.25) is 0 Å². The van der Waals surface area contributed by atoms with Gasteiger partial charge in [0.15, 0.2) is 6.10 Å². The van der Waals surface area contributed by atoms with Crippen LogP contribution in [0.4, 0.5) is 13.2 Å². The number of aliphatic hydroxyl groups excluding tert-OH is 1. The lowest BCUT2D eigenvalue weighted by Crippen LogP contribution is -2.38. The maximum absolute atomic E-state index is 12.1. The van der Waals surface area contributed by atoms with Crippen LogP contribution in [0, 0.1) is 0 Å². The number of nitrogens with two attached hydrogens (primary N) is 1. The van der Waals surface area contributed by atoms with E-state index in [-0.39, 0.29) is 23.7 Å². The second-order valence-electron chi connectivity index (χ2n) is 3.26. The van der Waals surface area contributed by atoms with Crippen LogP contribution in [0.3, 0.4) is 0 Å². The van der Waals surface area contributed by atoms with Crippen LogP contribution in [-0.2, 0) is 0 Å². The minimum atomic E-state index is -4.89. The van der Waals surface area contributed by atoms with E-state index in [9.17, 15) is 18.3 Å². The summed E-state index contributed by atoms with van der Waals surface area (Å²) in [5, 5.41) is 27.2. The highest BCUT2D eigenvalue weighted by molar-refractivity contribution is 5.85. The molecule has 0 aromatic heterocycles. The van der Waals surface area contributed by atoms with E-state index < -0.39 is 24.1 Å². The Kier molecular flexibility index (Phi) is 5.06. The first-order valence-electron chi connectivity index (χ1n) is 4.25. The number of phenolic OH excluding ortho intramolecular Hbond substituents is 2. The van der Waals surface area contributed by atoms with Crippen molar-refractivity contribution in [3.8, 4) is 11.5 Å². The Morgan fingerprint density at radius 1 is 1.18 bits per heavy atom. The van der Waals surface area contributed by atoms with Gasteiger partial charge in [-0.15, -0.1) is 12.4 Å². The van der Waals surface area contributed by atoms with Crippen molar-refractivity contribution in [2.24, 2.45) is 5.73 Å². The van der Waals surface area contributed by atoms with E-state index in [1.165, 1.54) is 0 Å². The first kappa shape index (κ1) is 15.8. The summed E-state index contributed by atoms with van der Waals surface area (Å²) in [6, 6.07) is 1.10. The molecular weight excluding hydrogens is 263 g/mol. The third-order valence-corrected chi connectivity index (χ3v) is 2.05. The van der Waals surface area contributed by atoms with E-state index in [1.54, 1.807) is 0 Å². The van der Waals surface area contributed by atoms with Crippen LogP contribution in [-0.4, -0.2) is 27.6 Å². The molecule has 0 aliphatic rings. The highest BCUT2D eigenvalue weighted by atomic mass is 35.5. The highest BCUT2D eigenvalue weighted by Gasteiger charge is 2.43. The SMILES string of the molecule is Cl.N[C@H](c1cc(O)ccc1O)[C@@H](O)C(F)(F)F. The molecule has 0 heterocycles. The van der Waals surface area contributed by atoms with Crippen LogP contribution in [0.15, 0.2) is 18.2 Å². The van der Waals surface area contributed by atoms with Crippen molar-refractivity contribution in [3.63, 3.8) is 0 Å². The normalized spacial score (nSPS) is 14.9. The Balaban J connectivity index is 0.00000256. The molecule has 1 aromatic carbocycles. The fourth-order valence-corrected chi connectivity index (χ4v) is 1.18. The van der Waals surface area contributed by atoms with E-state index in [1.807, 2.05) is 0 Å². The van der Waals surface area contributed by atoms with Gasteiger partial charge in [0.25, 0.3) is 0 Å². The Morgan fingerprint density at radius 3 is 2.18 bits per heavy atom. The summed E-state index contributed by atoms with van der Waals surface area (Å²) in [5.74, 6) is -0.869. The van der Waals surface area contributed by atoms with Gasteiger partial charge in [0, 0.05) is 5.56 Å². The predicted octanol–water partition coefficient (Wildman–Crippen LogP) is 1.44. The predicted molar refractivity (Wildman–Crippen MR) is 56.0 cm³/mol. The molecule has 0 spiro atoms. The van der Waals surface area contributed by atoms with E-state index in [0.717, 1.165) is 18.2 Å². The van der Waals surface area contributed by atoms with Crippen LogP contribution >= 0.6 is 12.4 Å². The van der Waals surface area contributed by atoms with Crippen molar-refractivity contribution in [2.75, 3.05) is 0 Å². The van der Waals surface area contributed by atoms with Crippen LogP contribution < -0.4 is 5.73 Å². The zero-order valence-corrected chi connectivity index (χ0v) is 9.16. The molecular formula is C9H11ClF3NO3. The number of aliphatic hydroxyl groups is 1. The third kappa shape index (κ3) is 3.65. The Hall–Kier alpha value is -1.18. The highest BCUT2D eigenvalue weighted by Crippen LogP contribution is 2.34. The maximum atomic E-state index is 12.1. The average Bonchev–Trinajstić information content (AvgIpc) is 2.18. The number of halogens is 4. The lowest BCUT2D eigenvalue weighted by atomic mass is 10.0. The Morgan fingerprint density at radius 2 is 1.71 bits per heavy atom. The fraction of sp³-hybridized carbons (Fsp3) is 0.333. The molecule has 17 heavy (non-hydrogen) atoms. The number of aromatic hydroxyl groups is 2. The molecule has 0 aliphatic heterocycles. The van der Waals surface area contributed by atoms with E-state index >= 15 is 0 Å². The van der Waals surface area contributed by atoms with Gasteiger partial charge in [0.2, 0.25) is 0 Å². The second-order valence-corrected chi connectivity index (χ2v) is 3.26. The van der Waals surface area contributed by atoms with Crippen molar-refractivity contribution < 1.29 is 28.5 Å². The van der Waals surface area contributed by atoms with Crippen LogP contribution in [0.2, 0.25) is 0 Å². The largest absolute Gasteiger partial charge is 0.508 e. The molecule has 4 nitrogen and oxygen atoms in total. The van der Waals surface area contributed by atoms with Gasteiger partial charge in [0.1, 0.15) is 11.5 Å². The zero-order chi connectivity index (χ0) is 12.5. The minimum absolute atomic E-state index is 0. The fourth-order valence-electron chi connectivity index (χ4n) is 1.18. The first-order chi connectivity index (χ1) is 7.23. The molecule has 0 radical (unpaired) electrons. The molecule has 98 valence electrons. The van der Waals surface area contributed by atoms with Crippen LogP contribution in [0.25, 0.3) is 0 Å². The lowest BCUT2D eigenvalue weighted by molar-refractivity contribution is -0.210. The molecule has 0 aliphatic carbocycles. The monoisotopic (exact) mass is 273 g/mol. The molecule has 0 amide bonds. The van der Waals surface area contributed by atoms with Crippen LogP contribution in [0.1, 0.15) is 11.6 Å². The quantitative estimate of drug-likeness (QED) is 0.614. The lowest BCUT2D eigenvalue weighted by Gasteiger charge is -2.22. The summed E-state index contributed by atoms with van der Waals surface area (Å²) < 4.78 is 36.4. The number of phenols is 2. The topological polar surface area (TPSA) is 86.7 Å². The van der Waals surface area contributed by atoms with Gasteiger partial charge in [-0.05, 0) is 18.2 Å². The van der Waals surface area contributed by atoms with Gasteiger partial charge < -0.3 is 21.1 Å². The van der Waals surface area contributed by atoms with Gasteiger partial charge in [-0.2, -0.15) is 13.2 Å². The minimum Gasteiger partial charge on any atom is -0.508 e. The Bertz CT molecular complexity index is 386. The van der Waals surface area contributed by atoms with Crippen molar-refractivity contribution in [1.29, 1.82) is 0 Å². The van der Waals surface area contributed by atoms with Crippen molar-refractivity contribution in [3.05, 3.63) is 23.8 Å². The molecule has 8 heteroatoms. The number of rotatable bonds is 2. The van der Waals surface area contributed by atoms with Crippen molar-refractivity contribution in [2.45, 2.75) is 18.3 Å². The van der Waals surface area contributed by atoms with Crippen molar-refractivity contribution in [1.82, 2.24) is 0 Å². The standard InChI is InChI=1S/C9H10F3NO3.ClH/c10-9(11,12)8(16)7(13)5-3-4(14)1-2-6(5)15;/h1-3,7-8,14-16H,13H2;1H/t7-,8-;/m1./s1. The summed E-state index contributed by atoms with van der Waals surface area (Å²) in [5.41, 5.74) is 4.78. The molecule has 0 bridgehead atoms. The summed E-state index contributed by atoms with van der Waals surface area (Å²) in [6.07, 6.45) is -7.70. The number of alkyl halides is 3. The summed E-state index contributed by atoms with van der Waals surface area (Å²) in [7, 11) is 0. The maximum Gasteiger partial charge on any atom is 0.416 e. The molecule has 1 aromatic rings. The number of hydrogen-bond donors (Lipinski definition) is 4. The average molecular weight is 274 g/mol. The molecule has 0 fully saturated rings. The first-order valence-corrected chi connectivity index (χ1v) is 4.25. The Labute approximate surface area is 101 Å². The summed E-state index contributed by atoms with van der Waals surface area (Å²) in [6.45, 7) is 0. The second kappa shape index (κ2) is 5.44. The summed E-state index contributed by atoms with van der Waals surface area (Å²) in [4.78, 5) is 0. The summed E-state index contributed by atoms with van der Waals surface area (Å²) >= 11 is 0. The molecule has 5 N–H and O–H groups in total. The van der Waals surface area contributed by atoms with Gasteiger partial charge in [-0.1, -0.05) is 0 Å². The molecule has 0 saturated carbocycles. The van der Waals surface area contributed by atoms with E-state index in [4.69, 9.17) is 15.9 Å². The number of hydrogen-bond acceptors (Lipinski definition) is 4. The van der Waals surface area contributed by atoms with E-state index in [2.05, 4.69) is 0 Å².